The topological polar surface area (TPSA) is 41.9 Å². The average molecular weight is 484 g/mol. The second-order valence-corrected chi connectivity index (χ2v) is 9.21. The number of halogens is 3. The molecule has 0 saturated carbocycles. The van der Waals surface area contributed by atoms with Gasteiger partial charge in [-0.2, -0.15) is 13.2 Å². The summed E-state index contributed by atoms with van der Waals surface area (Å²) in [5.41, 5.74) is 1.68. The van der Waals surface area contributed by atoms with Gasteiger partial charge in [0.2, 0.25) is 0 Å². The van der Waals surface area contributed by atoms with Crippen LogP contribution in [0.15, 0.2) is 66.7 Å². The smallest absolute Gasteiger partial charge is 0.416 e. The summed E-state index contributed by atoms with van der Waals surface area (Å²) in [5, 5.41) is 9.93. The molecule has 2 heterocycles. The SMILES string of the molecule is Oc1ccc2c(c1)OCC(c1cccc(C(F)(F)F)c1)C2c1ccc(OCCN2CCCC2)cc1. The van der Waals surface area contributed by atoms with E-state index in [9.17, 15) is 18.3 Å². The van der Waals surface area contributed by atoms with Gasteiger partial charge in [-0.1, -0.05) is 36.4 Å². The number of benzene rings is 3. The van der Waals surface area contributed by atoms with Gasteiger partial charge in [0.05, 0.1) is 12.2 Å². The minimum absolute atomic E-state index is 0.0850. The van der Waals surface area contributed by atoms with Crippen LogP contribution in [-0.2, 0) is 6.18 Å². The van der Waals surface area contributed by atoms with Crippen molar-refractivity contribution >= 4 is 0 Å². The number of ether oxygens (including phenoxy) is 2. The Hall–Kier alpha value is -3.19. The van der Waals surface area contributed by atoms with E-state index >= 15 is 0 Å². The molecular weight excluding hydrogens is 455 g/mol. The van der Waals surface area contributed by atoms with Crippen LogP contribution in [0, 0.1) is 0 Å². The van der Waals surface area contributed by atoms with Crippen LogP contribution in [0.4, 0.5) is 13.2 Å². The Morgan fingerprint density at radius 2 is 1.71 bits per heavy atom. The van der Waals surface area contributed by atoms with E-state index < -0.39 is 11.7 Å². The third kappa shape index (κ3) is 5.25. The number of hydrogen-bond donors (Lipinski definition) is 1. The molecule has 1 saturated heterocycles. The van der Waals surface area contributed by atoms with Gasteiger partial charge in [-0.3, -0.25) is 4.90 Å². The molecule has 2 atom stereocenters. The van der Waals surface area contributed by atoms with Crippen LogP contribution in [0.3, 0.4) is 0 Å². The zero-order valence-electron chi connectivity index (χ0n) is 19.3. The largest absolute Gasteiger partial charge is 0.508 e. The van der Waals surface area contributed by atoms with Crippen LogP contribution in [0.5, 0.6) is 17.2 Å². The van der Waals surface area contributed by atoms with Crippen LogP contribution in [0.2, 0.25) is 0 Å². The second-order valence-electron chi connectivity index (χ2n) is 9.21. The Balaban J connectivity index is 1.42. The molecule has 1 fully saturated rings. The van der Waals surface area contributed by atoms with Crippen LogP contribution in [-0.4, -0.2) is 42.9 Å². The van der Waals surface area contributed by atoms with Gasteiger partial charge in [0.15, 0.2) is 0 Å². The summed E-state index contributed by atoms with van der Waals surface area (Å²) in [6.45, 7) is 3.97. The minimum Gasteiger partial charge on any atom is -0.508 e. The van der Waals surface area contributed by atoms with E-state index in [1.807, 2.05) is 24.3 Å². The number of aromatic hydroxyl groups is 1. The van der Waals surface area contributed by atoms with Crippen LogP contribution in [0.1, 0.15) is 46.9 Å². The standard InChI is InChI=1S/C28H28F3NO3/c29-28(30,31)21-5-3-4-20(16-21)25-18-35-26-17-22(33)8-11-24(26)27(25)19-6-9-23(10-7-19)34-15-14-32-12-1-2-13-32/h3-11,16-17,25,27,33H,1-2,12-15,18H2. The molecule has 2 aliphatic rings. The monoisotopic (exact) mass is 483 g/mol. The van der Waals surface area contributed by atoms with E-state index in [2.05, 4.69) is 4.90 Å². The number of rotatable bonds is 6. The Kier molecular flexibility index (Phi) is 6.60. The molecule has 3 aromatic carbocycles. The highest BCUT2D eigenvalue weighted by atomic mass is 19.4. The lowest BCUT2D eigenvalue weighted by Crippen LogP contribution is -2.26. The lowest BCUT2D eigenvalue weighted by molar-refractivity contribution is -0.137. The maximum Gasteiger partial charge on any atom is 0.416 e. The molecule has 0 bridgehead atoms. The van der Waals surface area contributed by atoms with Crippen molar-refractivity contribution in [2.24, 2.45) is 0 Å². The van der Waals surface area contributed by atoms with Gasteiger partial charge in [0.25, 0.3) is 0 Å². The van der Waals surface area contributed by atoms with E-state index in [0.717, 1.165) is 42.6 Å². The molecule has 0 aliphatic carbocycles. The number of alkyl halides is 3. The van der Waals surface area contributed by atoms with Crippen molar-refractivity contribution in [2.75, 3.05) is 32.8 Å². The fourth-order valence-corrected chi connectivity index (χ4v) is 5.11. The highest BCUT2D eigenvalue weighted by Gasteiger charge is 2.36. The quantitative estimate of drug-likeness (QED) is 0.454. The van der Waals surface area contributed by atoms with Gasteiger partial charge in [-0.05, 0) is 61.3 Å². The molecule has 184 valence electrons. The Labute approximate surface area is 202 Å². The summed E-state index contributed by atoms with van der Waals surface area (Å²) in [4.78, 5) is 2.39. The molecule has 0 amide bonds. The highest BCUT2D eigenvalue weighted by Crippen LogP contribution is 2.47. The highest BCUT2D eigenvalue weighted by molar-refractivity contribution is 5.51. The predicted octanol–water partition coefficient (Wildman–Crippen LogP) is 6.19. The summed E-state index contributed by atoms with van der Waals surface area (Å²) in [5.74, 6) is 0.838. The van der Waals surface area contributed by atoms with Crippen LogP contribution >= 0.6 is 0 Å². The van der Waals surface area contributed by atoms with Crippen molar-refractivity contribution < 1.29 is 27.8 Å². The molecule has 35 heavy (non-hydrogen) atoms. The van der Waals surface area contributed by atoms with Crippen molar-refractivity contribution in [1.82, 2.24) is 4.90 Å². The molecule has 0 radical (unpaired) electrons. The van der Waals surface area contributed by atoms with Gasteiger partial charge in [-0.25, -0.2) is 0 Å². The first kappa shape index (κ1) is 23.5. The summed E-state index contributed by atoms with van der Waals surface area (Å²) in [6, 6.07) is 18.2. The number of likely N-dealkylation sites (tertiary alicyclic amines) is 1. The molecule has 0 spiro atoms. The minimum atomic E-state index is -4.42. The van der Waals surface area contributed by atoms with Crippen LogP contribution in [0.25, 0.3) is 0 Å². The molecule has 0 aromatic heterocycles. The van der Waals surface area contributed by atoms with Gasteiger partial charge >= 0.3 is 6.18 Å². The summed E-state index contributed by atoms with van der Waals surface area (Å²) in [7, 11) is 0. The normalized spacial score (nSPS) is 20.3. The molecule has 2 unspecified atom stereocenters. The number of phenols is 1. The third-order valence-electron chi connectivity index (χ3n) is 6.91. The molecule has 2 aliphatic heterocycles. The lowest BCUT2D eigenvalue weighted by Gasteiger charge is -2.35. The Bertz CT molecular complexity index is 1160. The van der Waals surface area contributed by atoms with Crippen molar-refractivity contribution in [2.45, 2.75) is 30.9 Å². The zero-order valence-corrected chi connectivity index (χ0v) is 19.3. The molecule has 4 nitrogen and oxygen atoms in total. The lowest BCUT2D eigenvalue weighted by atomic mass is 9.75. The van der Waals surface area contributed by atoms with Gasteiger partial charge in [0, 0.05) is 30.0 Å². The number of phenolic OH excluding ortho intramolecular Hbond substituents is 1. The molecule has 3 aromatic rings. The van der Waals surface area contributed by atoms with Gasteiger partial charge in [-0.15, -0.1) is 0 Å². The van der Waals surface area contributed by atoms with E-state index in [1.165, 1.54) is 25.0 Å². The van der Waals surface area contributed by atoms with Crippen molar-refractivity contribution in [3.63, 3.8) is 0 Å². The first-order valence-electron chi connectivity index (χ1n) is 12.0. The van der Waals surface area contributed by atoms with Crippen molar-refractivity contribution in [3.05, 3.63) is 89.0 Å². The molecule has 5 rings (SSSR count). The van der Waals surface area contributed by atoms with Crippen molar-refractivity contribution in [3.8, 4) is 17.2 Å². The number of nitrogens with zero attached hydrogens (tertiary/aromatic N) is 1. The first-order chi connectivity index (χ1) is 16.9. The second kappa shape index (κ2) is 9.82. The Morgan fingerprint density at radius 3 is 2.46 bits per heavy atom. The first-order valence-corrected chi connectivity index (χ1v) is 12.0. The summed E-state index contributed by atoms with van der Waals surface area (Å²) >= 11 is 0. The van der Waals surface area contributed by atoms with E-state index in [1.54, 1.807) is 24.3 Å². The average Bonchev–Trinajstić information content (AvgIpc) is 3.37. The van der Waals surface area contributed by atoms with E-state index in [0.29, 0.717) is 17.9 Å². The predicted molar refractivity (Wildman–Crippen MR) is 127 cm³/mol. The Morgan fingerprint density at radius 1 is 0.943 bits per heavy atom. The van der Waals surface area contributed by atoms with E-state index in [4.69, 9.17) is 9.47 Å². The maximum atomic E-state index is 13.4. The van der Waals surface area contributed by atoms with Crippen LogP contribution < -0.4 is 9.47 Å². The summed E-state index contributed by atoms with van der Waals surface area (Å²) in [6.07, 6.45) is -1.93. The van der Waals surface area contributed by atoms with Crippen molar-refractivity contribution in [1.29, 1.82) is 0 Å². The third-order valence-corrected chi connectivity index (χ3v) is 6.91. The van der Waals surface area contributed by atoms with Gasteiger partial charge < -0.3 is 14.6 Å². The number of fused-ring (bicyclic) bond motifs is 1. The fourth-order valence-electron chi connectivity index (χ4n) is 5.11. The number of hydrogen-bond acceptors (Lipinski definition) is 4. The fraction of sp³-hybridized carbons (Fsp3) is 0.357. The van der Waals surface area contributed by atoms with E-state index in [-0.39, 0.29) is 24.2 Å². The summed E-state index contributed by atoms with van der Waals surface area (Å²) < 4.78 is 52.1. The molecule has 1 N–H and O–H groups in total. The molecular formula is C28H28F3NO3. The van der Waals surface area contributed by atoms with Gasteiger partial charge in [0.1, 0.15) is 23.9 Å². The molecule has 7 heteroatoms. The zero-order chi connectivity index (χ0) is 24.4. The maximum absolute atomic E-state index is 13.4.